The maximum absolute atomic E-state index is 13.6. The van der Waals surface area contributed by atoms with Crippen molar-refractivity contribution in [2.45, 2.75) is 37.7 Å². The second kappa shape index (κ2) is 5.37. The third kappa shape index (κ3) is 2.90. The van der Waals surface area contributed by atoms with Gasteiger partial charge in [-0.1, -0.05) is 17.7 Å². The van der Waals surface area contributed by atoms with Crippen molar-refractivity contribution >= 4 is 17.4 Å². The number of carbonyl (C=O) groups is 1. The number of halogens is 2. The minimum atomic E-state index is -0.420. The number of ether oxygens (including phenoxy) is 1. The maximum Gasteiger partial charge on any atom is 0.140 e. The molecule has 1 aromatic rings. The smallest absolute Gasteiger partial charge is 0.140 e. The quantitative estimate of drug-likeness (QED) is 0.818. The van der Waals surface area contributed by atoms with E-state index < -0.39 is 5.82 Å². The van der Waals surface area contributed by atoms with E-state index in [4.69, 9.17) is 16.3 Å². The van der Waals surface area contributed by atoms with Gasteiger partial charge in [0.15, 0.2) is 0 Å². The first-order chi connectivity index (χ1) is 8.54. The molecule has 0 aromatic heterocycles. The minimum absolute atomic E-state index is 0.0118. The van der Waals surface area contributed by atoms with Crippen LogP contribution in [0.3, 0.4) is 0 Å². The lowest BCUT2D eigenvalue weighted by atomic mass is 9.76. The first kappa shape index (κ1) is 13.5. The molecule has 1 aliphatic rings. The molecule has 4 heteroatoms. The number of benzene rings is 1. The van der Waals surface area contributed by atoms with Gasteiger partial charge in [-0.3, -0.25) is 4.79 Å². The molecule has 0 N–H and O–H groups in total. The Balaban J connectivity index is 1.98. The topological polar surface area (TPSA) is 26.3 Å². The normalized spacial score (nSPS) is 17.3. The summed E-state index contributed by atoms with van der Waals surface area (Å²) in [6.07, 6.45) is 3.40. The molecule has 98 valence electrons. The molecular formula is C14H16ClFO2. The van der Waals surface area contributed by atoms with Crippen molar-refractivity contribution in [3.05, 3.63) is 34.6 Å². The lowest BCUT2D eigenvalue weighted by Crippen LogP contribution is -2.41. The number of methoxy groups -OCH3 is 1. The lowest BCUT2D eigenvalue weighted by molar-refractivity contribution is -0.131. The van der Waals surface area contributed by atoms with Crippen LogP contribution in [0.4, 0.5) is 4.39 Å². The average molecular weight is 271 g/mol. The molecule has 0 saturated heterocycles. The number of rotatable bonds is 5. The van der Waals surface area contributed by atoms with Crippen molar-refractivity contribution in [3.63, 3.8) is 0 Å². The van der Waals surface area contributed by atoms with E-state index in [-0.39, 0.29) is 17.8 Å². The van der Waals surface area contributed by atoms with Crippen LogP contribution in [0.15, 0.2) is 18.2 Å². The third-order valence-electron chi connectivity index (χ3n) is 3.62. The fourth-order valence-electron chi connectivity index (χ4n) is 2.32. The van der Waals surface area contributed by atoms with Gasteiger partial charge in [0, 0.05) is 25.0 Å². The summed E-state index contributed by atoms with van der Waals surface area (Å²) in [4.78, 5) is 11.9. The summed E-state index contributed by atoms with van der Waals surface area (Å²) < 4.78 is 18.9. The number of hydrogen-bond donors (Lipinski definition) is 0. The van der Waals surface area contributed by atoms with Gasteiger partial charge in [-0.15, -0.1) is 0 Å². The molecule has 18 heavy (non-hydrogen) atoms. The summed E-state index contributed by atoms with van der Waals surface area (Å²) in [6.45, 7) is 0. The Bertz CT molecular complexity index is 450. The molecule has 1 fully saturated rings. The highest BCUT2D eigenvalue weighted by atomic mass is 35.5. The van der Waals surface area contributed by atoms with Crippen LogP contribution in [0.1, 0.15) is 31.2 Å². The van der Waals surface area contributed by atoms with Gasteiger partial charge in [0.1, 0.15) is 11.6 Å². The number of Topliss-reactive ketones (excluding diaryl/α,β-unsaturated/α-hetero) is 1. The highest BCUT2D eigenvalue weighted by Gasteiger charge is 2.38. The van der Waals surface area contributed by atoms with E-state index in [1.807, 2.05) is 0 Å². The zero-order valence-corrected chi connectivity index (χ0v) is 11.1. The monoisotopic (exact) mass is 270 g/mol. The molecule has 2 rings (SSSR count). The van der Waals surface area contributed by atoms with Crippen molar-refractivity contribution in [3.8, 4) is 0 Å². The number of hydrogen-bond acceptors (Lipinski definition) is 2. The molecule has 0 unspecified atom stereocenters. The fraction of sp³-hybridized carbons (Fsp3) is 0.500. The van der Waals surface area contributed by atoms with E-state index >= 15 is 0 Å². The Morgan fingerprint density at radius 1 is 1.50 bits per heavy atom. The van der Waals surface area contributed by atoms with E-state index in [1.54, 1.807) is 19.2 Å². The highest BCUT2D eigenvalue weighted by Crippen LogP contribution is 2.38. The van der Waals surface area contributed by atoms with Crippen molar-refractivity contribution in [2.75, 3.05) is 7.11 Å². The van der Waals surface area contributed by atoms with Crippen molar-refractivity contribution in [1.82, 2.24) is 0 Å². The average Bonchev–Trinajstić information content (AvgIpc) is 2.27. The molecule has 0 atom stereocenters. The van der Waals surface area contributed by atoms with Crippen LogP contribution >= 0.6 is 11.6 Å². The largest absolute Gasteiger partial charge is 0.378 e. The van der Waals surface area contributed by atoms with Crippen molar-refractivity contribution < 1.29 is 13.9 Å². The van der Waals surface area contributed by atoms with Crippen LogP contribution in [0.25, 0.3) is 0 Å². The van der Waals surface area contributed by atoms with Gasteiger partial charge in [0.05, 0.1) is 5.60 Å². The standard InChI is InChI=1S/C14H16ClFO2/c1-18-14(5-2-6-14)9-12(17)7-10-3-4-11(15)8-13(10)16/h3-4,8H,2,5-7,9H2,1H3. The Morgan fingerprint density at radius 2 is 2.22 bits per heavy atom. The Hall–Kier alpha value is -0.930. The van der Waals surface area contributed by atoms with Crippen LogP contribution in [0, 0.1) is 5.82 Å². The Kier molecular flexibility index (Phi) is 4.03. The molecule has 0 bridgehead atoms. The second-order valence-electron chi connectivity index (χ2n) is 4.87. The van der Waals surface area contributed by atoms with Gasteiger partial charge in [0.2, 0.25) is 0 Å². The third-order valence-corrected chi connectivity index (χ3v) is 3.85. The maximum atomic E-state index is 13.6. The summed E-state index contributed by atoms with van der Waals surface area (Å²) >= 11 is 5.67. The fourth-order valence-corrected chi connectivity index (χ4v) is 2.48. The molecule has 0 heterocycles. The predicted molar refractivity (Wildman–Crippen MR) is 68.3 cm³/mol. The molecule has 1 aliphatic carbocycles. The lowest BCUT2D eigenvalue weighted by Gasteiger charge is -2.40. The van der Waals surface area contributed by atoms with Gasteiger partial charge in [-0.25, -0.2) is 4.39 Å². The van der Waals surface area contributed by atoms with Gasteiger partial charge in [-0.2, -0.15) is 0 Å². The Morgan fingerprint density at radius 3 is 2.72 bits per heavy atom. The number of ketones is 1. The zero-order valence-electron chi connectivity index (χ0n) is 10.3. The molecular weight excluding hydrogens is 255 g/mol. The van der Waals surface area contributed by atoms with E-state index in [0.717, 1.165) is 19.3 Å². The van der Waals surface area contributed by atoms with Gasteiger partial charge < -0.3 is 4.74 Å². The number of carbonyl (C=O) groups excluding carboxylic acids is 1. The summed E-state index contributed by atoms with van der Waals surface area (Å²) in [7, 11) is 1.63. The summed E-state index contributed by atoms with van der Waals surface area (Å²) in [5, 5.41) is 0.344. The van der Waals surface area contributed by atoms with E-state index in [1.165, 1.54) is 6.07 Å². The van der Waals surface area contributed by atoms with Crippen molar-refractivity contribution in [1.29, 1.82) is 0 Å². The summed E-state index contributed by atoms with van der Waals surface area (Å²) in [5.74, 6) is -0.409. The van der Waals surface area contributed by atoms with Crippen LogP contribution in [-0.2, 0) is 16.0 Å². The van der Waals surface area contributed by atoms with Gasteiger partial charge >= 0.3 is 0 Å². The van der Waals surface area contributed by atoms with Crippen molar-refractivity contribution in [2.24, 2.45) is 0 Å². The van der Waals surface area contributed by atoms with E-state index in [0.29, 0.717) is 17.0 Å². The molecule has 0 radical (unpaired) electrons. The zero-order chi connectivity index (χ0) is 13.2. The molecule has 1 aromatic carbocycles. The van der Waals surface area contributed by atoms with Crippen LogP contribution in [0.2, 0.25) is 5.02 Å². The van der Waals surface area contributed by atoms with Crippen LogP contribution < -0.4 is 0 Å². The van der Waals surface area contributed by atoms with Gasteiger partial charge in [0.25, 0.3) is 0 Å². The van der Waals surface area contributed by atoms with Gasteiger partial charge in [-0.05, 0) is 37.0 Å². The first-order valence-electron chi connectivity index (χ1n) is 6.05. The van der Waals surface area contributed by atoms with E-state index in [9.17, 15) is 9.18 Å². The molecule has 0 aliphatic heterocycles. The molecule has 1 saturated carbocycles. The molecule has 2 nitrogen and oxygen atoms in total. The Labute approximate surface area is 111 Å². The molecule has 0 spiro atoms. The first-order valence-corrected chi connectivity index (χ1v) is 6.43. The molecule has 0 amide bonds. The predicted octanol–water partition coefficient (Wildman–Crippen LogP) is 3.55. The van der Waals surface area contributed by atoms with E-state index in [2.05, 4.69) is 0 Å². The van der Waals surface area contributed by atoms with Crippen LogP contribution in [-0.4, -0.2) is 18.5 Å². The SMILES string of the molecule is COC1(CC(=O)Cc2ccc(Cl)cc2F)CCC1. The highest BCUT2D eigenvalue weighted by molar-refractivity contribution is 6.30. The summed E-state index contributed by atoms with van der Waals surface area (Å²) in [6, 6.07) is 4.40. The summed E-state index contributed by atoms with van der Waals surface area (Å²) in [5.41, 5.74) is 0.106. The second-order valence-corrected chi connectivity index (χ2v) is 5.31. The van der Waals surface area contributed by atoms with Crippen LogP contribution in [0.5, 0.6) is 0 Å². The minimum Gasteiger partial charge on any atom is -0.378 e.